The Morgan fingerprint density at radius 3 is 2.58 bits per heavy atom. The van der Waals surface area contributed by atoms with E-state index >= 15 is 0 Å². The average molecular weight is 490 g/mol. The number of hydrogen-bond acceptors (Lipinski definition) is 5. The molecule has 2 N–H and O–H groups in total. The highest BCUT2D eigenvalue weighted by Crippen LogP contribution is 2.52. The van der Waals surface area contributed by atoms with Crippen molar-refractivity contribution in [3.8, 4) is 0 Å². The predicted molar refractivity (Wildman–Crippen MR) is 115 cm³/mol. The van der Waals surface area contributed by atoms with Crippen LogP contribution in [0.5, 0.6) is 0 Å². The van der Waals surface area contributed by atoms with E-state index in [1.807, 2.05) is 0 Å². The minimum atomic E-state index is -3.35. The Bertz CT molecular complexity index is 1190. The Morgan fingerprint density at radius 2 is 2.06 bits per heavy atom. The van der Waals surface area contributed by atoms with Gasteiger partial charge in [0.05, 0.1) is 9.73 Å². The number of pyridine rings is 1. The summed E-state index contributed by atoms with van der Waals surface area (Å²) in [5.41, 5.74) is -1.63. The van der Waals surface area contributed by atoms with E-state index in [-0.39, 0.29) is 34.9 Å². The van der Waals surface area contributed by atoms with Gasteiger partial charge in [0.1, 0.15) is 16.4 Å². The molecule has 0 aliphatic heterocycles. The summed E-state index contributed by atoms with van der Waals surface area (Å²) in [6, 6.07) is 2.67. The highest BCUT2D eigenvalue weighted by molar-refractivity contribution is 7.91. The van der Waals surface area contributed by atoms with Gasteiger partial charge in [-0.1, -0.05) is 13.8 Å². The van der Waals surface area contributed by atoms with Gasteiger partial charge in [0, 0.05) is 50.0 Å². The zero-order valence-corrected chi connectivity index (χ0v) is 19.8. The lowest BCUT2D eigenvalue weighted by Crippen LogP contribution is -2.30. The number of carbonyl (C=O) groups excluding carboxylic acids is 1. The van der Waals surface area contributed by atoms with Gasteiger partial charge >= 0.3 is 0 Å². The molecule has 182 valence electrons. The summed E-state index contributed by atoms with van der Waals surface area (Å²) in [5.74, 6) is -7.43. The molecule has 3 unspecified atom stereocenters. The van der Waals surface area contributed by atoms with Crippen molar-refractivity contribution in [2.75, 3.05) is 11.6 Å². The Morgan fingerprint density at radius 1 is 1.42 bits per heavy atom. The first kappa shape index (κ1) is 25.1. The minimum Gasteiger partial charge on any atom is -0.321 e. The molecule has 7 nitrogen and oxygen atoms in total. The van der Waals surface area contributed by atoms with Gasteiger partial charge in [0.15, 0.2) is 0 Å². The molecule has 1 amide bonds. The zero-order valence-electron chi connectivity index (χ0n) is 19.0. The number of rotatable bonds is 6. The van der Waals surface area contributed by atoms with Gasteiger partial charge in [-0.25, -0.2) is 22.8 Å². The molecule has 3 atom stereocenters. The van der Waals surface area contributed by atoms with Crippen LogP contribution >= 0.6 is 0 Å². The maximum Gasteiger partial charge on any atom is 0.289 e. The van der Waals surface area contributed by atoms with Gasteiger partial charge in [-0.2, -0.15) is 13.9 Å². The molecule has 0 aromatic carbocycles. The second-order valence-corrected chi connectivity index (χ2v) is 11.4. The third-order valence-corrected chi connectivity index (χ3v) is 7.20. The summed E-state index contributed by atoms with van der Waals surface area (Å²) >= 11 is 0. The van der Waals surface area contributed by atoms with Crippen LogP contribution in [0, 0.1) is 23.0 Å². The lowest BCUT2D eigenvalue weighted by Gasteiger charge is -2.29. The predicted octanol–water partition coefficient (Wildman–Crippen LogP) is 5.06. The van der Waals surface area contributed by atoms with Gasteiger partial charge in [0.2, 0.25) is 5.92 Å². The molecule has 2 aromatic heterocycles. The fourth-order valence-corrected chi connectivity index (χ4v) is 4.96. The lowest BCUT2D eigenvalue weighted by molar-refractivity contribution is -0.00508. The van der Waals surface area contributed by atoms with E-state index in [2.05, 4.69) is 15.4 Å². The summed E-state index contributed by atoms with van der Waals surface area (Å²) in [7, 11) is -3.15. The SMILES string of the molecule is Cc1c(C(C)(F)F)nn(CC2(C)CC(F)(F)CC2C)c1C(=O)Nc1ccnc(S(C)(=N)=O)c1. The average Bonchev–Trinajstić information content (AvgIpc) is 3.06. The number of nitrogens with one attached hydrogen (secondary N) is 2. The van der Waals surface area contributed by atoms with E-state index in [1.54, 1.807) is 13.8 Å². The maximum atomic E-state index is 14.2. The van der Waals surface area contributed by atoms with E-state index in [4.69, 9.17) is 4.78 Å². The molecule has 1 aliphatic carbocycles. The molecule has 2 heterocycles. The molecule has 3 rings (SSSR count). The number of anilines is 1. The molecule has 0 radical (unpaired) electrons. The number of halogens is 4. The monoisotopic (exact) mass is 489 g/mol. The molecule has 0 spiro atoms. The van der Waals surface area contributed by atoms with Crippen molar-refractivity contribution < 1.29 is 26.6 Å². The molecular formula is C21H27F4N5O2S. The topological polar surface area (TPSA) is 101 Å². The summed E-state index contributed by atoms with van der Waals surface area (Å²) in [6.45, 7) is 5.17. The maximum absolute atomic E-state index is 14.2. The van der Waals surface area contributed by atoms with E-state index in [0.717, 1.165) is 4.68 Å². The normalized spacial score (nSPS) is 24.5. The van der Waals surface area contributed by atoms with E-state index in [9.17, 15) is 26.6 Å². The third-order valence-electron chi connectivity index (χ3n) is 6.18. The molecule has 0 bridgehead atoms. The number of amides is 1. The van der Waals surface area contributed by atoms with Crippen LogP contribution in [0.15, 0.2) is 23.4 Å². The van der Waals surface area contributed by atoms with Crippen LogP contribution in [-0.2, 0) is 22.2 Å². The largest absolute Gasteiger partial charge is 0.321 e. The van der Waals surface area contributed by atoms with Crippen LogP contribution in [0.2, 0.25) is 0 Å². The molecule has 2 aromatic rings. The fraction of sp³-hybridized carbons (Fsp3) is 0.571. The molecule has 1 fully saturated rings. The van der Waals surface area contributed by atoms with Gasteiger partial charge in [0.25, 0.3) is 11.8 Å². The lowest BCUT2D eigenvalue weighted by atomic mass is 9.81. The minimum absolute atomic E-state index is 0.0548. The van der Waals surface area contributed by atoms with Crippen molar-refractivity contribution >= 4 is 21.3 Å². The van der Waals surface area contributed by atoms with Crippen molar-refractivity contribution in [2.24, 2.45) is 11.3 Å². The highest BCUT2D eigenvalue weighted by Gasteiger charge is 2.52. The summed E-state index contributed by atoms with van der Waals surface area (Å²) in [6.07, 6.45) is 1.67. The second kappa shape index (κ2) is 8.07. The van der Waals surface area contributed by atoms with E-state index in [0.29, 0.717) is 6.92 Å². The summed E-state index contributed by atoms with van der Waals surface area (Å²) in [4.78, 5) is 17.0. The first-order chi connectivity index (χ1) is 14.9. The Balaban J connectivity index is 2.02. The molecule has 1 aliphatic rings. The molecule has 12 heteroatoms. The van der Waals surface area contributed by atoms with Crippen LogP contribution in [0.4, 0.5) is 23.2 Å². The number of hydrogen-bond donors (Lipinski definition) is 2. The first-order valence-electron chi connectivity index (χ1n) is 10.3. The van der Waals surface area contributed by atoms with E-state index in [1.165, 1.54) is 31.5 Å². The van der Waals surface area contributed by atoms with E-state index < -0.39 is 50.9 Å². The van der Waals surface area contributed by atoms with Crippen molar-refractivity contribution in [3.63, 3.8) is 0 Å². The zero-order chi connectivity index (χ0) is 25.0. The molecule has 33 heavy (non-hydrogen) atoms. The number of carbonyl (C=O) groups is 1. The van der Waals surface area contributed by atoms with Gasteiger partial charge in [-0.05, 0) is 30.4 Å². The number of alkyl halides is 4. The van der Waals surface area contributed by atoms with Crippen molar-refractivity contribution in [3.05, 3.63) is 35.3 Å². The van der Waals surface area contributed by atoms with Crippen molar-refractivity contribution in [2.45, 2.75) is 64.0 Å². The second-order valence-electron chi connectivity index (χ2n) is 9.34. The van der Waals surface area contributed by atoms with Crippen LogP contribution in [0.25, 0.3) is 0 Å². The van der Waals surface area contributed by atoms with Crippen LogP contribution < -0.4 is 5.32 Å². The molecular weight excluding hydrogens is 462 g/mol. The first-order valence-corrected chi connectivity index (χ1v) is 12.2. The smallest absolute Gasteiger partial charge is 0.289 e. The number of nitrogens with zero attached hydrogens (tertiary/aromatic N) is 3. The molecule has 1 saturated carbocycles. The van der Waals surface area contributed by atoms with Crippen LogP contribution in [0.3, 0.4) is 0 Å². The summed E-state index contributed by atoms with van der Waals surface area (Å²) < 4.78 is 77.3. The Labute approximate surface area is 189 Å². The van der Waals surface area contributed by atoms with Crippen molar-refractivity contribution in [1.82, 2.24) is 14.8 Å². The summed E-state index contributed by atoms with van der Waals surface area (Å²) in [5, 5.41) is 6.45. The Kier molecular flexibility index (Phi) is 6.14. The van der Waals surface area contributed by atoms with Crippen LogP contribution in [0.1, 0.15) is 55.4 Å². The Hall–Kier alpha value is -2.50. The number of aromatic nitrogens is 3. The fourth-order valence-electron chi connectivity index (χ4n) is 4.35. The van der Waals surface area contributed by atoms with Crippen molar-refractivity contribution in [1.29, 1.82) is 4.78 Å². The standard InChI is InChI=1S/C21H27F4N5O2S/c1-12-9-21(24,25)10-19(12,3)11-30-16(13(2)17(29-30)20(4,22)23)18(31)28-14-6-7-27-15(8-14)33(5,26)32/h6-8,12,26H,9-11H2,1-5H3,(H,27,28,31). The molecule has 0 saturated heterocycles. The van der Waals surface area contributed by atoms with Gasteiger partial charge in [-0.15, -0.1) is 0 Å². The highest BCUT2D eigenvalue weighted by atomic mass is 32.2. The van der Waals surface area contributed by atoms with Gasteiger partial charge in [-0.3, -0.25) is 9.48 Å². The van der Waals surface area contributed by atoms with Gasteiger partial charge < -0.3 is 5.32 Å². The third kappa shape index (κ3) is 5.20. The quantitative estimate of drug-likeness (QED) is 0.554. The van der Waals surface area contributed by atoms with Crippen LogP contribution in [-0.4, -0.2) is 37.1 Å².